The van der Waals surface area contributed by atoms with Crippen molar-refractivity contribution >= 4 is 23.6 Å². The van der Waals surface area contributed by atoms with Gasteiger partial charge in [-0.3, -0.25) is 4.84 Å². The van der Waals surface area contributed by atoms with Crippen molar-refractivity contribution < 1.29 is 13.9 Å². The highest BCUT2D eigenvalue weighted by Gasteiger charge is 2.23. The Kier molecular flexibility index (Phi) is 6.85. The van der Waals surface area contributed by atoms with Gasteiger partial charge in [-0.05, 0) is 43.9 Å². The van der Waals surface area contributed by atoms with Gasteiger partial charge in [0.15, 0.2) is 0 Å². The van der Waals surface area contributed by atoms with Crippen LogP contribution in [0.3, 0.4) is 0 Å². The van der Waals surface area contributed by atoms with E-state index in [1.54, 1.807) is 13.2 Å². The summed E-state index contributed by atoms with van der Waals surface area (Å²) in [6, 6.07) is 9.48. The van der Waals surface area contributed by atoms with E-state index in [4.69, 9.17) is 25.7 Å². The molecule has 0 aromatic heterocycles. The summed E-state index contributed by atoms with van der Waals surface area (Å²) in [5.74, 6) is 0.318. The Balaban J connectivity index is 2.97. The summed E-state index contributed by atoms with van der Waals surface area (Å²) >= 11 is 5.51. The van der Waals surface area contributed by atoms with Gasteiger partial charge in [0.2, 0.25) is 0 Å². The SMILES string of the molecule is CC=C=C(NOCC)OP(=S)(OC)c1ccccc1. The van der Waals surface area contributed by atoms with Crippen LogP contribution in [0.1, 0.15) is 13.8 Å². The molecule has 4 nitrogen and oxygen atoms in total. The van der Waals surface area contributed by atoms with Crippen LogP contribution < -0.4 is 10.8 Å². The summed E-state index contributed by atoms with van der Waals surface area (Å²) in [5.41, 5.74) is 5.55. The van der Waals surface area contributed by atoms with Gasteiger partial charge in [-0.1, -0.05) is 23.9 Å². The molecule has 0 saturated heterocycles. The lowest BCUT2D eigenvalue weighted by Crippen LogP contribution is -2.18. The summed E-state index contributed by atoms with van der Waals surface area (Å²) in [7, 11) is 1.54. The van der Waals surface area contributed by atoms with Crippen LogP contribution in [0.2, 0.25) is 0 Å². The fraction of sp³-hybridized carbons (Fsp3) is 0.308. The Morgan fingerprint density at radius 2 is 2.11 bits per heavy atom. The number of hydroxylamine groups is 1. The van der Waals surface area contributed by atoms with Crippen LogP contribution in [0.5, 0.6) is 0 Å². The first kappa shape index (κ1) is 16.0. The number of rotatable bonds is 7. The third kappa shape index (κ3) is 4.83. The number of allylic oxidation sites excluding steroid dienone is 1. The maximum atomic E-state index is 5.76. The smallest absolute Gasteiger partial charge is 0.270 e. The molecule has 1 aromatic rings. The second-order valence-electron chi connectivity index (χ2n) is 3.40. The normalized spacial score (nSPS) is 13.0. The summed E-state index contributed by atoms with van der Waals surface area (Å²) in [6.07, 6.45) is 1.71. The Labute approximate surface area is 119 Å². The zero-order valence-corrected chi connectivity index (χ0v) is 13.0. The van der Waals surface area contributed by atoms with Crippen LogP contribution in [0.4, 0.5) is 0 Å². The minimum atomic E-state index is -2.61. The van der Waals surface area contributed by atoms with Crippen molar-refractivity contribution in [3.63, 3.8) is 0 Å². The van der Waals surface area contributed by atoms with E-state index in [0.29, 0.717) is 12.5 Å². The summed E-state index contributed by atoms with van der Waals surface area (Å²) in [5, 5.41) is 0.834. The highest BCUT2D eigenvalue weighted by atomic mass is 32.5. The number of hydrogen-bond acceptors (Lipinski definition) is 5. The first-order chi connectivity index (χ1) is 9.16. The van der Waals surface area contributed by atoms with Crippen LogP contribution in [0.25, 0.3) is 0 Å². The first-order valence-corrected chi connectivity index (χ1v) is 8.50. The molecule has 0 radical (unpaired) electrons. The van der Waals surface area contributed by atoms with Gasteiger partial charge in [0.25, 0.3) is 12.4 Å². The molecule has 6 heteroatoms. The van der Waals surface area contributed by atoms with E-state index in [2.05, 4.69) is 11.2 Å². The van der Waals surface area contributed by atoms with Crippen LogP contribution in [0, 0.1) is 0 Å². The molecular formula is C13H18NO3PS. The Morgan fingerprint density at radius 1 is 1.42 bits per heavy atom. The van der Waals surface area contributed by atoms with Crippen LogP contribution in [-0.2, 0) is 25.7 Å². The third-order valence-corrected chi connectivity index (χ3v) is 5.25. The maximum absolute atomic E-state index is 5.76. The molecule has 104 valence electrons. The summed E-state index contributed by atoms with van der Waals surface area (Å²) in [6.45, 7) is 1.59. The van der Waals surface area contributed by atoms with Crippen molar-refractivity contribution in [2.75, 3.05) is 13.7 Å². The molecule has 0 bridgehead atoms. The molecule has 0 aliphatic rings. The average molecular weight is 299 g/mol. The molecular weight excluding hydrogens is 281 g/mol. The minimum Gasteiger partial charge on any atom is -0.415 e. The van der Waals surface area contributed by atoms with Gasteiger partial charge >= 0.3 is 0 Å². The number of hydrogen-bond donors (Lipinski definition) is 1. The molecule has 1 N–H and O–H groups in total. The van der Waals surface area contributed by atoms with Crippen molar-refractivity contribution in [1.29, 1.82) is 0 Å². The van der Waals surface area contributed by atoms with Gasteiger partial charge in [-0.25, -0.2) is 5.48 Å². The second kappa shape index (κ2) is 8.16. The summed E-state index contributed by atoms with van der Waals surface area (Å²) < 4.78 is 11.2. The molecule has 0 saturated carbocycles. The van der Waals surface area contributed by atoms with Gasteiger partial charge in [0.05, 0.1) is 6.61 Å². The van der Waals surface area contributed by atoms with Gasteiger partial charge in [-0.2, -0.15) is 0 Å². The third-order valence-electron chi connectivity index (χ3n) is 2.11. The molecule has 0 heterocycles. The van der Waals surface area contributed by atoms with E-state index in [-0.39, 0.29) is 0 Å². The van der Waals surface area contributed by atoms with Gasteiger partial charge in [0.1, 0.15) is 0 Å². The lowest BCUT2D eigenvalue weighted by Gasteiger charge is -2.22. The topological polar surface area (TPSA) is 39.7 Å². The predicted octanol–water partition coefficient (Wildman–Crippen LogP) is 2.84. The Hall–Kier alpha value is -1.09. The van der Waals surface area contributed by atoms with E-state index in [9.17, 15) is 0 Å². The molecule has 0 spiro atoms. The molecule has 1 unspecified atom stereocenters. The molecule has 0 amide bonds. The fourth-order valence-corrected chi connectivity index (χ4v) is 3.12. The zero-order valence-electron chi connectivity index (χ0n) is 11.3. The molecule has 19 heavy (non-hydrogen) atoms. The molecule has 0 aliphatic heterocycles. The second-order valence-corrected chi connectivity index (χ2v) is 6.91. The highest BCUT2D eigenvalue weighted by Crippen LogP contribution is 2.47. The average Bonchev–Trinajstić information content (AvgIpc) is 2.46. The van der Waals surface area contributed by atoms with Crippen LogP contribution >= 0.6 is 6.49 Å². The van der Waals surface area contributed by atoms with Crippen LogP contribution in [0.15, 0.2) is 48.0 Å². The van der Waals surface area contributed by atoms with Crippen LogP contribution in [-0.4, -0.2) is 13.7 Å². The van der Waals surface area contributed by atoms with E-state index in [1.807, 2.05) is 44.2 Å². The lowest BCUT2D eigenvalue weighted by molar-refractivity contribution is 0.0469. The fourth-order valence-electron chi connectivity index (χ4n) is 1.27. The van der Waals surface area contributed by atoms with Gasteiger partial charge in [0, 0.05) is 12.4 Å². The predicted molar refractivity (Wildman–Crippen MR) is 80.5 cm³/mol. The molecule has 1 aromatic carbocycles. The molecule has 0 fully saturated rings. The molecule has 1 atom stereocenters. The standard InChI is InChI=1S/C13H18NO3PS/c1-4-9-13(14-16-5-2)17-18(19,15-3)12-10-7-6-8-11-12/h4,6-8,10-11,14H,5H2,1-3H3. The number of benzene rings is 1. The van der Waals surface area contributed by atoms with Crippen molar-refractivity contribution in [3.8, 4) is 0 Å². The largest absolute Gasteiger partial charge is 0.415 e. The van der Waals surface area contributed by atoms with E-state index >= 15 is 0 Å². The van der Waals surface area contributed by atoms with Crippen molar-refractivity contribution in [2.45, 2.75) is 13.8 Å². The monoisotopic (exact) mass is 299 g/mol. The van der Waals surface area contributed by atoms with Gasteiger partial charge in [-0.15, -0.1) is 0 Å². The highest BCUT2D eigenvalue weighted by molar-refractivity contribution is 8.13. The quantitative estimate of drug-likeness (QED) is 0.363. The van der Waals surface area contributed by atoms with Gasteiger partial charge < -0.3 is 9.05 Å². The maximum Gasteiger partial charge on any atom is 0.270 e. The first-order valence-electron chi connectivity index (χ1n) is 5.86. The summed E-state index contributed by atoms with van der Waals surface area (Å²) in [4.78, 5) is 5.10. The van der Waals surface area contributed by atoms with Crippen molar-refractivity contribution in [3.05, 3.63) is 48.0 Å². The Morgan fingerprint density at radius 3 is 2.63 bits per heavy atom. The molecule has 0 aliphatic carbocycles. The Bertz CT molecular complexity index is 498. The zero-order chi connectivity index (χ0) is 14.1. The van der Waals surface area contributed by atoms with Crippen molar-refractivity contribution in [2.24, 2.45) is 0 Å². The lowest BCUT2D eigenvalue weighted by atomic mass is 10.4. The van der Waals surface area contributed by atoms with E-state index in [1.165, 1.54) is 0 Å². The minimum absolute atomic E-state index is 0.318. The van der Waals surface area contributed by atoms with Crippen molar-refractivity contribution in [1.82, 2.24) is 5.48 Å². The number of nitrogens with one attached hydrogen (secondary N) is 1. The van der Waals surface area contributed by atoms with E-state index in [0.717, 1.165) is 5.30 Å². The van der Waals surface area contributed by atoms with E-state index < -0.39 is 6.49 Å². The molecule has 1 rings (SSSR count).